The normalized spacial score (nSPS) is 14.6. The average Bonchev–Trinajstić information content (AvgIpc) is 3.30. The van der Waals surface area contributed by atoms with Gasteiger partial charge in [-0.1, -0.05) is 0 Å². The molecule has 156 valence electrons. The summed E-state index contributed by atoms with van der Waals surface area (Å²) in [6.07, 6.45) is 9.99. The minimum absolute atomic E-state index is 0.243. The highest BCUT2D eigenvalue weighted by molar-refractivity contribution is 6.03. The quantitative estimate of drug-likeness (QED) is 0.463. The van der Waals surface area contributed by atoms with Crippen molar-refractivity contribution in [2.24, 2.45) is 0 Å². The van der Waals surface area contributed by atoms with Crippen molar-refractivity contribution in [1.82, 2.24) is 25.3 Å². The fraction of sp³-hybridized carbons (Fsp3) is 0.227. The Labute approximate surface area is 178 Å². The maximum Gasteiger partial charge on any atom is 0.278 e. The lowest BCUT2D eigenvalue weighted by molar-refractivity contribution is 0.102. The molecule has 0 radical (unpaired) electrons. The Morgan fingerprint density at radius 1 is 1.06 bits per heavy atom. The molecule has 9 heteroatoms. The van der Waals surface area contributed by atoms with Crippen molar-refractivity contribution in [3.63, 3.8) is 0 Å². The van der Waals surface area contributed by atoms with E-state index >= 15 is 0 Å². The monoisotopic (exact) mass is 415 g/mol. The highest BCUT2D eigenvalue weighted by atomic mass is 16.3. The molecular weight excluding hydrogens is 394 g/mol. The molecule has 4 aromatic heterocycles. The highest BCUT2D eigenvalue weighted by Gasteiger charge is 2.22. The summed E-state index contributed by atoms with van der Waals surface area (Å²) in [5.41, 5.74) is 9.11. The van der Waals surface area contributed by atoms with E-state index in [1.54, 1.807) is 30.9 Å². The molecule has 1 fully saturated rings. The molecule has 9 nitrogen and oxygen atoms in total. The molecule has 0 atom stereocenters. The summed E-state index contributed by atoms with van der Waals surface area (Å²) in [6, 6.07) is 5.57. The van der Waals surface area contributed by atoms with Gasteiger partial charge in [-0.2, -0.15) is 0 Å². The second-order valence-corrected chi connectivity index (χ2v) is 7.54. The molecule has 1 aliphatic rings. The molecule has 4 aromatic rings. The fourth-order valence-electron chi connectivity index (χ4n) is 3.70. The first-order chi connectivity index (χ1) is 15.2. The first-order valence-corrected chi connectivity index (χ1v) is 10.1. The molecule has 0 aromatic carbocycles. The molecule has 0 spiro atoms. The van der Waals surface area contributed by atoms with Gasteiger partial charge in [-0.05, 0) is 44.1 Å². The number of carbonyl (C=O) groups excluding carboxylic acids is 1. The van der Waals surface area contributed by atoms with Crippen LogP contribution in [0.3, 0.4) is 0 Å². The number of nitrogen functional groups attached to an aromatic ring is 1. The second kappa shape index (κ2) is 8.11. The van der Waals surface area contributed by atoms with Crippen molar-refractivity contribution in [3.05, 3.63) is 60.8 Å². The number of hydrogen-bond acceptors (Lipinski definition) is 8. The predicted octanol–water partition coefficient (Wildman–Crippen LogP) is 2.98. The van der Waals surface area contributed by atoms with Crippen LogP contribution >= 0.6 is 0 Å². The van der Waals surface area contributed by atoms with Gasteiger partial charge in [-0.3, -0.25) is 14.8 Å². The number of rotatable bonds is 4. The van der Waals surface area contributed by atoms with Crippen LogP contribution in [-0.2, 0) is 0 Å². The Balaban J connectivity index is 1.36. The first kappa shape index (κ1) is 19.1. The van der Waals surface area contributed by atoms with Gasteiger partial charge in [0, 0.05) is 41.0 Å². The van der Waals surface area contributed by atoms with Gasteiger partial charge < -0.3 is 20.8 Å². The minimum atomic E-state index is -0.361. The summed E-state index contributed by atoms with van der Waals surface area (Å²) in [4.78, 5) is 29.9. The van der Waals surface area contributed by atoms with Crippen LogP contribution in [0.4, 0.5) is 11.5 Å². The van der Waals surface area contributed by atoms with E-state index in [4.69, 9.17) is 10.2 Å². The summed E-state index contributed by atoms with van der Waals surface area (Å²) in [6.45, 7) is 1.86. The van der Waals surface area contributed by atoms with Crippen LogP contribution in [-0.4, -0.2) is 38.9 Å². The summed E-state index contributed by atoms with van der Waals surface area (Å²) < 4.78 is 5.56. The smallest absolute Gasteiger partial charge is 0.278 e. The number of pyridine rings is 3. The lowest BCUT2D eigenvalue weighted by Gasteiger charge is -2.19. The number of nitrogens with zero attached hydrogens (tertiary/aromatic N) is 4. The van der Waals surface area contributed by atoms with Crippen LogP contribution in [0.15, 0.2) is 53.7 Å². The molecule has 31 heavy (non-hydrogen) atoms. The Hall–Kier alpha value is -3.85. The van der Waals surface area contributed by atoms with E-state index in [0.717, 1.165) is 42.4 Å². The molecule has 4 N–H and O–H groups in total. The van der Waals surface area contributed by atoms with Crippen LogP contribution in [0.25, 0.3) is 22.0 Å². The molecule has 0 saturated carbocycles. The number of aromatic nitrogens is 4. The van der Waals surface area contributed by atoms with E-state index in [9.17, 15) is 4.79 Å². The van der Waals surface area contributed by atoms with E-state index in [1.165, 1.54) is 6.26 Å². The molecule has 5 rings (SSSR count). The van der Waals surface area contributed by atoms with E-state index in [-0.39, 0.29) is 17.5 Å². The van der Waals surface area contributed by atoms with Crippen LogP contribution in [0.1, 0.15) is 35.1 Å². The van der Waals surface area contributed by atoms with Crippen LogP contribution < -0.4 is 16.4 Å². The first-order valence-electron chi connectivity index (χ1n) is 10.1. The summed E-state index contributed by atoms with van der Waals surface area (Å²) in [5, 5.41) is 6.93. The number of carbonyl (C=O) groups is 1. The van der Waals surface area contributed by atoms with E-state index in [1.807, 2.05) is 12.1 Å². The van der Waals surface area contributed by atoms with Crippen LogP contribution in [0.5, 0.6) is 0 Å². The Bertz CT molecular complexity index is 1250. The molecule has 1 amide bonds. The lowest BCUT2D eigenvalue weighted by atomic mass is 9.98. The Morgan fingerprint density at radius 3 is 2.74 bits per heavy atom. The third kappa shape index (κ3) is 4.08. The third-order valence-corrected chi connectivity index (χ3v) is 5.34. The zero-order valence-corrected chi connectivity index (χ0v) is 16.7. The SMILES string of the molecule is Nc1cncc(-c2cnc3cnc(NC(=O)c4coc(C5CCNCC5)n4)cc3c2)c1. The minimum Gasteiger partial charge on any atom is -0.448 e. The molecule has 5 heterocycles. The fourth-order valence-corrected chi connectivity index (χ4v) is 3.70. The maximum absolute atomic E-state index is 12.6. The van der Waals surface area contributed by atoms with Gasteiger partial charge in [0.25, 0.3) is 5.91 Å². The van der Waals surface area contributed by atoms with Crippen molar-refractivity contribution >= 4 is 28.3 Å². The van der Waals surface area contributed by atoms with E-state index in [0.29, 0.717) is 22.9 Å². The van der Waals surface area contributed by atoms with E-state index in [2.05, 4.69) is 30.6 Å². The Morgan fingerprint density at radius 2 is 1.90 bits per heavy atom. The molecule has 1 saturated heterocycles. The zero-order chi connectivity index (χ0) is 21.2. The number of fused-ring (bicyclic) bond motifs is 1. The van der Waals surface area contributed by atoms with Gasteiger partial charge in [0.2, 0.25) is 0 Å². The molecule has 0 aliphatic carbocycles. The predicted molar refractivity (Wildman–Crippen MR) is 116 cm³/mol. The third-order valence-electron chi connectivity index (χ3n) is 5.34. The number of nitrogens with one attached hydrogen (secondary N) is 2. The summed E-state index contributed by atoms with van der Waals surface area (Å²) in [7, 11) is 0. The van der Waals surface area contributed by atoms with Crippen molar-refractivity contribution in [3.8, 4) is 11.1 Å². The van der Waals surface area contributed by atoms with Gasteiger partial charge in [0.1, 0.15) is 12.1 Å². The number of oxazole rings is 1. The molecular formula is C22H21N7O2. The number of nitrogens with two attached hydrogens (primary N) is 1. The van der Waals surface area contributed by atoms with Crippen LogP contribution in [0, 0.1) is 0 Å². The van der Waals surface area contributed by atoms with Gasteiger partial charge in [-0.25, -0.2) is 9.97 Å². The largest absolute Gasteiger partial charge is 0.448 e. The average molecular weight is 415 g/mol. The highest BCUT2D eigenvalue weighted by Crippen LogP contribution is 2.26. The lowest BCUT2D eigenvalue weighted by Crippen LogP contribution is -2.26. The standard InChI is InChI=1S/C22H21N7O2/c23-17-6-16(8-25-10-17)15-5-14-7-20(27-11-18(14)26-9-15)29-21(30)19-12-31-22(28-19)13-1-3-24-4-2-13/h5-13,24H,1-4,23H2,(H,27,29,30). The molecule has 0 unspecified atom stereocenters. The molecule has 0 bridgehead atoms. The van der Waals surface area contributed by atoms with E-state index < -0.39 is 0 Å². The summed E-state index contributed by atoms with van der Waals surface area (Å²) in [5.74, 6) is 0.906. The van der Waals surface area contributed by atoms with Gasteiger partial charge in [-0.15, -0.1) is 0 Å². The van der Waals surface area contributed by atoms with Gasteiger partial charge in [0.15, 0.2) is 11.6 Å². The van der Waals surface area contributed by atoms with Crippen molar-refractivity contribution < 1.29 is 9.21 Å². The Kier molecular flexibility index (Phi) is 5.01. The topological polar surface area (TPSA) is 132 Å². The summed E-state index contributed by atoms with van der Waals surface area (Å²) >= 11 is 0. The van der Waals surface area contributed by atoms with Crippen molar-refractivity contribution in [2.75, 3.05) is 24.1 Å². The van der Waals surface area contributed by atoms with Crippen molar-refractivity contribution in [2.45, 2.75) is 18.8 Å². The molecule has 1 aliphatic heterocycles. The number of piperidine rings is 1. The number of hydrogen-bond donors (Lipinski definition) is 3. The maximum atomic E-state index is 12.6. The second-order valence-electron chi connectivity index (χ2n) is 7.54. The van der Waals surface area contributed by atoms with Crippen molar-refractivity contribution in [1.29, 1.82) is 0 Å². The van der Waals surface area contributed by atoms with Gasteiger partial charge >= 0.3 is 0 Å². The van der Waals surface area contributed by atoms with Gasteiger partial charge in [0.05, 0.1) is 17.4 Å². The zero-order valence-electron chi connectivity index (χ0n) is 16.7. The van der Waals surface area contributed by atoms with Crippen LogP contribution in [0.2, 0.25) is 0 Å². The number of amides is 1. The number of anilines is 2.